The normalized spacial score (nSPS) is 18.3. The van der Waals surface area contributed by atoms with Crippen molar-refractivity contribution in [2.75, 3.05) is 49.3 Å². The first kappa shape index (κ1) is 30.2. The predicted molar refractivity (Wildman–Crippen MR) is 165 cm³/mol. The van der Waals surface area contributed by atoms with E-state index in [4.69, 9.17) is 38.2 Å². The van der Waals surface area contributed by atoms with E-state index < -0.39 is 5.97 Å². The molecule has 2 aromatic carbocycles. The molecular formula is C32H36N2O8S. The Bertz CT molecular complexity index is 1490. The fraction of sp³-hybridized carbons (Fsp3) is 0.375. The standard InChI is InChI=1S/C32H36N2O8S/c1-8-42-31(35)22-17-43-32-33-27-19(12-18-13-23(36-2)29(40-6)24(14-18)37-3)10-9-11-21(27)28(34(22)32)20-15-25(38-4)30(41-7)26(16-20)39-5/h12-17,28H,8-11H2,1-7H3/b19-12+. The van der Waals surface area contributed by atoms with Crippen LogP contribution in [0, 0.1) is 0 Å². The fourth-order valence-corrected chi connectivity index (χ4v) is 6.60. The van der Waals surface area contributed by atoms with Gasteiger partial charge in [-0.15, -0.1) is 0 Å². The van der Waals surface area contributed by atoms with Gasteiger partial charge in [0.05, 0.1) is 61.0 Å². The number of amidine groups is 1. The Labute approximate surface area is 255 Å². The maximum atomic E-state index is 13.1. The van der Waals surface area contributed by atoms with Crippen LogP contribution in [0.2, 0.25) is 0 Å². The van der Waals surface area contributed by atoms with Crippen LogP contribution in [0.25, 0.3) is 6.08 Å². The molecule has 0 amide bonds. The third kappa shape index (κ3) is 5.49. The van der Waals surface area contributed by atoms with Gasteiger partial charge in [0.15, 0.2) is 28.2 Å². The molecule has 0 saturated heterocycles. The van der Waals surface area contributed by atoms with E-state index in [0.717, 1.165) is 47.2 Å². The lowest BCUT2D eigenvalue weighted by molar-refractivity contribution is -0.139. The van der Waals surface area contributed by atoms with E-state index in [2.05, 4.69) is 6.08 Å². The highest BCUT2D eigenvalue weighted by atomic mass is 32.2. The average molecular weight is 609 g/mol. The van der Waals surface area contributed by atoms with E-state index in [1.165, 1.54) is 11.8 Å². The number of fused-ring (bicyclic) bond motifs is 1. The SMILES string of the molecule is CCOC(=O)C1=CSC2=NC3=C(CCC/C3=C\c3cc(OC)c(OC)c(OC)c3)C(c3cc(OC)c(OC)c(OC)c3)N12. The van der Waals surface area contributed by atoms with E-state index in [9.17, 15) is 4.79 Å². The Morgan fingerprint density at radius 1 is 0.884 bits per heavy atom. The summed E-state index contributed by atoms with van der Waals surface area (Å²) >= 11 is 1.40. The first-order chi connectivity index (χ1) is 20.9. The number of hydrogen-bond donors (Lipinski definition) is 0. The molecule has 10 nitrogen and oxygen atoms in total. The van der Waals surface area contributed by atoms with Gasteiger partial charge in [0.2, 0.25) is 11.5 Å². The summed E-state index contributed by atoms with van der Waals surface area (Å²) in [5.74, 6) is 2.84. The Balaban J connectivity index is 1.70. The lowest BCUT2D eigenvalue weighted by Crippen LogP contribution is -2.37. The number of aliphatic imine (C=N–C) groups is 1. The van der Waals surface area contributed by atoms with Gasteiger partial charge in [0.1, 0.15) is 5.70 Å². The monoisotopic (exact) mass is 608 g/mol. The van der Waals surface area contributed by atoms with Crippen molar-refractivity contribution >= 4 is 29.0 Å². The maximum absolute atomic E-state index is 13.1. The van der Waals surface area contributed by atoms with Crippen molar-refractivity contribution in [1.29, 1.82) is 0 Å². The number of hydrogen-bond acceptors (Lipinski definition) is 11. The number of carbonyl (C=O) groups is 1. The number of esters is 1. The molecule has 0 aromatic heterocycles. The second-order valence-electron chi connectivity index (χ2n) is 9.82. The number of ether oxygens (including phenoxy) is 7. The summed E-state index contributed by atoms with van der Waals surface area (Å²) in [4.78, 5) is 20.2. The molecule has 0 saturated carbocycles. The third-order valence-corrected chi connectivity index (χ3v) is 8.39. The predicted octanol–water partition coefficient (Wildman–Crippen LogP) is 6.12. The molecule has 2 aromatic rings. The molecule has 1 aliphatic carbocycles. The zero-order valence-corrected chi connectivity index (χ0v) is 26.3. The second kappa shape index (κ2) is 12.9. The van der Waals surface area contributed by atoms with Gasteiger partial charge in [-0.05, 0) is 78.8 Å². The van der Waals surface area contributed by atoms with Gasteiger partial charge in [-0.3, -0.25) is 0 Å². The summed E-state index contributed by atoms with van der Waals surface area (Å²) in [6.07, 6.45) is 4.64. The minimum Gasteiger partial charge on any atom is -0.493 e. The maximum Gasteiger partial charge on any atom is 0.355 e. The van der Waals surface area contributed by atoms with Crippen LogP contribution in [-0.2, 0) is 9.53 Å². The van der Waals surface area contributed by atoms with Gasteiger partial charge in [0.25, 0.3) is 0 Å². The topological polar surface area (TPSA) is 97.3 Å². The Kier molecular flexibility index (Phi) is 9.10. The second-order valence-corrected chi connectivity index (χ2v) is 10.7. The molecule has 0 bridgehead atoms. The Hall–Kier alpha value is -4.25. The first-order valence-corrected chi connectivity index (χ1v) is 14.8. The van der Waals surface area contributed by atoms with E-state index in [1.54, 1.807) is 49.6 Å². The minimum atomic E-state index is -0.398. The van der Waals surface area contributed by atoms with Crippen LogP contribution in [0.3, 0.4) is 0 Å². The molecule has 0 spiro atoms. The highest BCUT2D eigenvalue weighted by Crippen LogP contribution is 2.52. The number of benzene rings is 2. The number of carbonyl (C=O) groups excluding carboxylic acids is 1. The number of thioether (sulfide) groups is 1. The van der Waals surface area contributed by atoms with Crippen LogP contribution in [0.5, 0.6) is 34.5 Å². The van der Waals surface area contributed by atoms with Crippen LogP contribution in [0.4, 0.5) is 0 Å². The molecule has 0 radical (unpaired) electrons. The van der Waals surface area contributed by atoms with Gasteiger partial charge in [-0.2, -0.15) is 0 Å². The van der Waals surface area contributed by atoms with Crippen LogP contribution in [0.15, 0.2) is 57.2 Å². The van der Waals surface area contributed by atoms with Crippen molar-refractivity contribution in [2.45, 2.75) is 32.2 Å². The van der Waals surface area contributed by atoms with Gasteiger partial charge in [-0.1, -0.05) is 11.8 Å². The molecular weight excluding hydrogens is 572 g/mol. The van der Waals surface area contributed by atoms with Gasteiger partial charge < -0.3 is 38.1 Å². The summed E-state index contributed by atoms with van der Waals surface area (Å²) in [5, 5.41) is 2.50. The zero-order valence-electron chi connectivity index (χ0n) is 25.4. The number of rotatable bonds is 10. The van der Waals surface area contributed by atoms with Crippen LogP contribution in [-0.4, -0.2) is 65.3 Å². The largest absolute Gasteiger partial charge is 0.493 e. The van der Waals surface area contributed by atoms with Gasteiger partial charge in [-0.25, -0.2) is 9.79 Å². The van der Waals surface area contributed by atoms with E-state index in [-0.39, 0.29) is 12.6 Å². The van der Waals surface area contributed by atoms with Crippen molar-refractivity contribution < 1.29 is 38.0 Å². The van der Waals surface area contributed by atoms with E-state index in [1.807, 2.05) is 34.6 Å². The van der Waals surface area contributed by atoms with Crippen LogP contribution < -0.4 is 28.4 Å². The first-order valence-electron chi connectivity index (χ1n) is 13.9. The summed E-state index contributed by atoms with van der Waals surface area (Å²) in [6.45, 7) is 2.07. The van der Waals surface area contributed by atoms with Crippen molar-refractivity contribution in [3.05, 3.63) is 63.3 Å². The number of nitrogens with zero attached hydrogens (tertiary/aromatic N) is 2. The summed E-state index contributed by atoms with van der Waals surface area (Å²) < 4.78 is 39.2. The van der Waals surface area contributed by atoms with Crippen molar-refractivity contribution in [2.24, 2.45) is 4.99 Å². The molecule has 0 fully saturated rings. The third-order valence-electron chi connectivity index (χ3n) is 7.55. The molecule has 2 heterocycles. The Morgan fingerprint density at radius 3 is 2.00 bits per heavy atom. The van der Waals surface area contributed by atoms with Gasteiger partial charge in [0, 0.05) is 5.41 Å². The lowest BCUT2D eigenvalue weighted by atomic mass is 9.82. The van der Waals surface area contributed by atoms with Crippen molar-refractivity contribution in [3.63, 3.8) is 0 Å². The average Bonchev–Trinajstić information content (AvgIpc) is 3.46. The molecule has 43 heavy (non-hydrogen) atoms. The fourth-order valence-electron chi connectivity index (χ4n) is 5.72. The molecule has 0 N–H and O–H groups in total. The van der Waals surface area contributed by atoms with E-state index in [0.29, 0.717) is 45.4 Å². The molecule has 1 atom stereocenters. The van der Waals surface area contributed by atoms with Crippen LogP contribution >= 0.6 is 11.8 Å². The van der Waals surface area contributed by atoms with E-state index >= 15 is 0 Å². The quantitative estimate of drug-likeness (QED) is 0.293. The number of allylic oxidation sites excluding steroid dienone is 1. The zero-order chi connectivity index (χ0) is 30.7. The van der Waals surface area contributed by atoms with Gasteiger partial charge >= 0.3 is 5.97 Å². The molecule has 11 heteroatoms. The Morgan fingerprint density at radius 2 is 1.47 bits per heavy atom. The molecule has 2 aliphatic heterocycles. The van der Waals surface area contributed by atoms with Crippen LogP contribution in [0.1, 0.15) is 43.4 Å². The van der Waals surface area contributed by atoms with Crippen molar-refractivity contribution in [1.82, 2.24) is 4.90 Å². The van der Waals surface area contributed by atoms with Crippen molar-refractivity contribution in [3.8, 4) is 34.5 Å². The molecule has 1 unspecified atom stereocenters. The summed E-state index contributed by atoms with van der Waals surface area (Å²) in [6, 6.07) is 7.36. The smallest absolute Gasteiger partial charge is 0.355 e. The molecule has 3 aliphatic rings. The highest BCUT2D eigenvalue weighted by Gasteiger charge is 2.43. The lowest BCUT2D eigenvalue weighted by Gasteiger charge is -2.39. The summed E-state index contributed by atoms with van der Waals surface area (Å²) in [5.41, 5.74) is 5.27. The molecule has 5 rings (SSSR count). The molecule has 228 valence electrons. The summed E-state index contributed by atoms with van der Waals surface area (Å²) in [7, 11) is 9.55. The highest BCUT2D eigenvalue weighted by molar-refractivity contribution is 8.16. The minimum absolute atomic E-state index is 0.269. The number of methoxy groups -OCH3 is 6.